The van der Waals surface area contributed by atoms with Crippen LogP contribution in [0.3, 0.4) is 0 Å². The van der Waals surface area contributed by atoms with E-state index in [-0.39, 0.29) is 24.6 Å². The Labute approximate surface area is 104 Å². The van der Waals surface area contributed by atoms with Crippen LogP contribution in [-0.4, -0.2) is 6.10 Å². The molecule has 0 aromatic heterocycles. The van der Waals surface area contributed by atoms with E-state index in [0.717, 1.165) is 18.6 Å². The van der Waals surface area contributed by atoms with Crippen molar-refractivity contribution < 1.29 is 4.74 Å². The summed E-state index contributed by atoms with van der Waals surface area (Å²) in [6, 6.07) is 6.52. The Morgan fingerprint density at radius 3 is 2.81 bits per heavy atom. The number of ether oxygens (including phenoxy) is 1. The number of fused-ring (bicyclic) bond motifs is 1. The van der Waals surface area contributed by atoms with Gasteiger partial charge in [-0.15, -0.1) is 12.4 Å². The number of aryl methyl sites for hydroxylation is 1. The Bertz CT molecular complexity index is 352. The van der Waals surface area contributed by atoms with Gasteiger partial charge in [0.2, 0.25) is 0 Å². The zero-order valence-electron chi connectivity index (χ0n) is 9.90. The fourth-order valence-corrected chi connectivity index (χ4v) is 2.16. The van der Waals surface area contributed by atoms with Crippen LogP contribution in [0, 0.1) is 0 Å². The van der Waals surface area contributed by atoms with Crippen LogP contribution in [0.4, 0.5) is 0 Å². The summed E-state index contributed by atoms with van der Waals surface area (Å²) >= 11 is 0. The van der Waals surface area contributed by atoms with Gasteiger partial charge in [-0.2, -0.15) is 0 Å². The maximum Gasteiger partial charge on any atom is 0.120 e. The molecule has 0 amide bonds. The molecule has 0 unspecified atom stereocenters. The average molecular weight is 242 g/mol. The molecule has 90 valence electrons. The molecular weight excluding hydrogens is 222 g/mol. The van der Waals surface area contributed by atoms with E-state index in [1.54, 1.807) is 0 Å². The van der Waals surface area contributed by atoms with Gasteiger partial charge in [-0.25, -0.2) is 0 Å². The minimum absolute atomic E-state index is 0. The molecule has 0 bridgehead atoms. The van der Waals surface area contributed by atoms with Crippen molar-refractivity contribution in [2.24, 2.45) is 5.73 Å². The Hall–Kier alpha value is -0.730. The molecule has 0 heterocycles. The van der Waals surface area contributed by atoms with Crippen molar-refractivity contribution in [2.75, 3.05) is 0 Å². The smallest absolute Gasteiger partial charge is 0.120 e. The summed E-state index contributed by atoms with van der Waals surface area (Å²) < 4.78 is 5.67. The van der Waals surface area contributed by atoms with Crippen molar-refractivity contribution in [2.45, 2.75) is 45.3 Å². The van der Waals surface area contributed by atoms with E-state index in [1.807, 2.05) is 13.8 Å². The molecule has 2 nitrogen and oxygen atoms in total. The first kappa shape index (κ1) is 13.3. The molecule has 2 N–H and O–H groups in total. The number of halogens is 1. The third kappa shape index (κ3) is 2.89. The van der Waals surface area contributed by atoms with Gasteiger partial charge < -0.3 is 10.5 Å². The Morgan fingerprint density at radius 2 is 2.12 bits per heavy atom. The molecule has 0 fully saturated rings. The average Bonchev–Trinajstić information content (AvgIpc) is 2.18. The molecule has 1 aromatic carbocycles. The third-order valence-corrected chi connectivity index (χ3v) is 2.85. The molecule has 2 rings (SSSR count). The summed E-state index contributed by atoms with van der Waals surface area (Å²) in [6.07, 6.45) is 3.68. The first-order valence-electron chi connectivity index (χ1n) is 5.72. The van der Waals surface area contributed by atoms with Crippen LogP contribution in [0.25, 0.3) is 0 Å². The quantitative estimate of drug-likeness (QED) is 0.863. The summed E-state index contributed by atoms with van der Waals surface area (Å²) in [5, 5.41) is 0. The van der Waals surface area contributed by atoms with E-state index in [9.17, 15) is 0 Å². The topological polar surface area (TPSA) is 35.2 Å². The fraction of sp³-hybridized carbons (Fsp3) is 0.538. The van der Waals surface area contributed by atoms with Crippen LogP contribution in [0.2, 0.25) is 0 Å². The summed E-state index contributed by atoms with van der Waals surface area (Å²) in [5.41, 5.74) is 8.76. The predicted octanol–water partition coefficient (Wildman–Crippen LogP) is 3.23. The molecule has 0 saturated heterocycles. The first-order chi connectivity index (χ1) is 7.16. The highest BCUT2D eigenvalue weighted by atomic mass is 35.5. The number of hydrogen-bond donors (Lipinski definition) is 1. The molecule has 3 heteroatoms. The van der Waals surface area contributed by atoms with E-state index < -0.39 is 0 Å². The highest BCUT2D eigenvalue weighted by molar-refractivity contribution is 5.85. The van der Waals surface area contributed by atoms with Crippen molar-refractivity contribution in [3.05, 3.63) is 29.3 Å². The van der Waals surface area contributed by atoms with Crippen LogP contribution in [0.15, 0.2) is 18.2 Å². The number of rotatable bonds is 2. The normalized spacial score (nSPS) is 18.9. The largest absolute Gasteiger partial charge is 0.491 e. The maximum atomic E-state index is 6.09. The van der Waals surface area contributed by atoms with E-state index in [4.69, 9.17) is 10.5 Å². The first-order valence-corrected chi connectivity index (χ1v) is 5.72. The molecule has 0 aliphatic heterocycles. The van der Waals surface area contributed by atoms with Gasteiger partial charge in [-0.3, -0.25) is 0 Å². The molecule has 0 saturated carbocycles. The van der Waals surface area contributed by atoms with Crippen molar-refractivity contribution in [1.82, 2.24) is 0 Å². The maximum absolute atomic E-state index is 6.09. The standard InChI is InChI=1S/C13H19NO.ClH/c1-9(2)15-11-7-6-10-4-3-5-13(14)12(10)8-11;/h6-9,13H,3-5,14H2,1-2H3;1H/t13-;/m1./s1. The van der Waals surface area contributed by atoms with E-state index in [0.29, 0.717) is 0 Å². The molecule has 0 spiro atoms. The monoisotopic (exact) mass is 241 g/mol. The lowest BCUT2D eigenvalue weighted by molar-refractivity contribution is 0.242. The van der Waals surface area contributed by atoms with Gasteiger partial charge in [0, 0.05) is 6.04 Å². The second-order valence-corrected chi connectivity index (χ2v) is 4.53. The van der Waals surface area contributed by atoms with Gasteiger partial charge >= 0.3 is 0 Å². The van der Waals surface area contributed by atoms with E-state index >= 15 is 0 Å². The molecule has 1 aliphatic rings. The second kappa shape index (κ2) is 5.55. The van der Waals surface area contributed by atoms with Gasteiger partial charge in [0.25, 0.3) is 0 Å². The summed E-state index contributed by atoms with van der Waals surface area (Å²) in [6.45, 7) is 4.08. The minimum Gasteiger partial charge on any atom is -0.491 e. The molecule has 16 heavy (non-hydrogen) atoms. The summed E-state index contributed by atoms with van der Waals surface area (Å²) in [7, 11) is 0. The Morgan fingerprint density at radius 1 is 1.38 bits per heavy atom. The highest BCUT2D eigenvalue weighted by Gasteiger charge is 2.17. The van der Waals surface area contributed by atoms with Crippen LogP contribution < -0.4 is 10.5 Å². The molecule has 1 aromatic rings. The van der Waals surface area contributed by atoms with Gasteiger partial charge in [0.05, 0.1) is 6.10 Å². The van der Waals surface area contributed by atoms with Crippen LogP contribution in [-0.2, 0) is 6.42 Å². The van der Waals surface area contributed by atoms with E-state index in [1.165, 1.54) is 17.5 Å². The predicted molar refractivity (Wildman–Crippen MR) is 69.3 cm³/mol. The van der Waals surface area contributed by atoms with Gasteiger partial charge in [0.15, 0.2) is 0 Å². The lowest BCUT2D eigenvalue weighted by Crippen LogP contribution is -2.17. The van der Waals surface area contributed by atoms with Gasteiger partial charge in [0.1, 0.15) is 5.75 Å². The Kier molecular flexibility index (Phi) is 4.63. The van der Waals surface area contributed by atoms with Crippen molar-refractivity contribution in [3.63, 3.8) is 0 Å². The summed E-state index contributed by atoms with van der Waals surface area (Å²) in [5.74, 6) is 0.945. The second-order valence-electron chi connectivity index (χ2n) is 4.53. The number of nitrogens with two attached hydrogens (primary N) is 1. The fourth-order valence-electron chi connectivity index (χ4n) is 2.16. The van der Waals surface area contributed by atoms with Gasteiger partial charge in [-0.05, 0) is 56.4 Å². The molecular formula is C13H20ClNO. The third-order valence-electron chi connectivity index (χ3n) is 2.85. The van der Waals surface area contributed by atoms with Gasteiger partial charge in [-0.1, -0.05) is 6.07 Å². The zero-order valence-corrected chi connectivity index (χ0v) is 10.7. The highest BCUT2D eigenvalue weighted by Crippen LogP contribution is 2.31. The SMILES string of the molecule is CC(C)Oc1ccc2c(c1)[C@H](N)CCC2.Cl. The van der Waals surface area contributed by atoms with E-state index in [2.05, 4.69) is 18.2 Å². The van der Waals surface area contributed by atoms with Crippen LogP contribution in [0.5, 0.6) is 5.75 Å². The van der Waals surface area contributed by atoms with Crippen LogP contribution in [0.1, 0.15) is 43.9 Å². The van der Waals surface area contributed by atoms with Crippen LogP contribution >= 0.6 is 12.4 Å². The molecule has 1 atom stereocenters. The zero-order chi connectivity index (χ0) is 10.8. The minimum atomic E-state index is 0. The Balaban J connectivity index is 0.00000128. The summed E-state index contributed by atoms with van der Waals surface area (Å²) in [4.78, 5) is 0. The molecule has 1 aliphatic carbocycles. The van der Waals surface area contributed by atoms with Crippen molar-refractivity contribution >= 4 is 12.4 Å². The number of benzene rings is 1. The number of hydrogen-bond acceptors (Lipinski definition) is 2. The lowest BCUT2D eigenvalue weighted by atomic mass is 9.88. The lowest BCUT2D eigenvalue weighted by Gasteiger charge is -2.23. The molecule has 0 radical (unpaired) electrons. The van der Waals surface area contributed by atoms with Crippen molar-refractivity contribution in [3.8, 4) is 5.75 Å². The van der Waals surface area contributed by atoms with Crippen molar-refractivity contribution in [1.29, 1.82) is 0 Å².